The number of halogens is 3. The third kappa shape index (κ3) is 5.25. The van der Waals surface area contributed by atoms with E-state index in [2.05, 4.69) is 21.5 Å². The Bertz CT molecular complexity index is 955. The molecule has 0 bridgehead atoms. The number of carbonyl (C=O) groups is 1. The molecule has 1 heterocycles. The number of anilines is 1. The average molecular weight is 428 g/mol. The molecule has 1 fully saturated rings. The molecule has 0 aliphatic carbocycles. The monoisotopic (exact) mass is 428 g/mol. The number of carbonyl (C=O) groups excluding carboxylic acids is 1. The van der Waals surface area contributed by atoms with E-state index in [1.54, 1.807) is 0 Å². The second kappa shape index (κ2) is 8.39. The van der Waals surface area contributed by atoms with Crippen molar-refractivity contribution in [2.45, 2.75) is 16.0 Å². The fraction of sp³-hybridized carbons (Fsp3) is 0.278. The lowest BCUT2D eigenvalue weighted by molar-refractivity contribution is -0.137. The Hall–Kier alpha value is -2.63. The largest absolute Gasteiger partial charge is 0.416 e. The Morgan fingerprint density at radius 1 is 0.966 bits per heavy atom. The number of rotatable bonds is 5. The van der Waals surface area contributed by atoms with Crippen molar-refractivity contribution in [1.82, 2.24) is 16.2 Å². The fourth-order valence-electron chi connectivity index (χ4n) is 2.74. The second-order valence-corrected chi connectivity index (χ2v) is 8.46. The molecule has 0 aromatic heterocycles. The highest BCUT2D eigenvalue weighted by Gasteiger charge is 2.30. The number of nitrogens with one attached hydrogen (secondary N) is 4. The summed E-state index contributed by atoms with van der Waals surface area (Å²) in [4.78, 5) is 11.6. The first-order chi connectivity index (χ1) is 13.7. The van der Waals surface area contributed by atoms with E-state index in [-0.39, 0.29) is 15.7 Å². The van der Waals surface area contributed by atoms with Gasteiger partial charge in [0.2, 0.25) is 9.84 Å². The molecule has 2 aromatic carbocycles. The van der Waals surface area contributed by atoms with Crippen LogP contribution >= 0.6 is 0 Å². The molecule has 0 atom stereocenters. The van der Waals surface area contributed by atoms with Gasteiger partial charge in [0, 0.05) is 31.2 Å². The van der Waals surface area contributed by atoms with Crippen LogP contribution in [0.15, 0.2) is 58.3 Å². The summed E-state index contributed by atoms with van der Waals surface area (Å²) in [5.74, 6) is 0.275. The van der Waals surface area contributed by atoms with Crippen LogP contribution in [-0.2, 0) is 16.0 Å². The molecule has 2 aromatic rings. The molecule has 0 spiro atoms. The number of hydrogen-bond donors (Lipinski definition) is 4. The van der Waals surface area contributed by atoms with Crippen LogP contribution in [0.4, 0.5) is 23.7 Å². The third-order valence-electron chi connectivity index (χ3n) is 4.37. The summed E-state index contributed by atoms with van der Waals surface area (Å²) in [6, 6.07) is 8.26. The van der Waals surface area contributed by atoms with Crippen molar-refractivity contribution in [3.05, 3.63) is 54.1 Å². The molecule has 7 nitrogen and oxygen atoms in total. The van der Waals surface area contributed by atoms with Gasteiger partial charge in [-0.2, -0.15) is 13.2 Å². The SMILES string of the molecule is O=C(NCC1CNNC1)Nc1ccc(S(=O)(=O)c2ccc(C(F)(F)F)cc2)cc1. The van der Waals surface area contributed by atoms with Gasteiger partial charge in [-0.3, -0.25) is 10.9 Å². The molecule has 3 rings (SSSR count). The Kier molecular flexibility index (Phi) is 6.10. The number of hydrazine groups is 1. The summed E-state index contributed by atoms with van der Waals surface area (Å²) >= 11 is 0. The maximum Gasteiger partial charge on any atom is 0.416 e. The zero-order valence-corrected chi connectivity index (χ0v) is 15.9. The van der Waals surface area contributed by atoms with Gasteiger partial charge in [-0.05, 0) is 48.5 Å². The van der Waals surface area contributed by atoms with Crippen LogP contribution in [0.5, 0.6) is 0 Å². The van der Waals surface area contributed by atoms with Crippen LogP contribution in [-0.4, -0.2) is 34.1 Å². The second-order valence-electron chi connectivity index (χ2n) is 6.51. The zero-order valence-electron chi connectivity index (χ0n) is 15.1. The van der Waals surface area contributed by atoms with Crippen molar-refractivity contribution < 1.29 is 26.4 Å². The van der Waals surface area contributed by atoms with Crippen LogP contribution in [0.3, 0.4) is 0 Å². The van der Waals surface area contributed by atoms with E-state index >= 15 is 0 Å². The summed E-state index contributed by atoms with van der Waals surface area (Å²) in [5, 5.41) is 5.32. The van der Waals surface area contributed by atoms with E-state index in [4.69, 9.17) is 0 Å². The summed E-state index contributed by atoms with van der Waals surface area (Å²) in [5.41, 5.74) is 5.37. The van der Waals surface area contributed by atoms with Gasteiger partial charge in [0.15, 0.2) is 0 Å². The van der Waals surface area contributed by atoms with Crippen LogP contribution in [0.1, 0.15) is 5.56 Å². The molecular weight excluding hydrogens is 409 g/mol. The molecule has 29 heavy (non-hydrogen) atoms. The highest BCUT2D eigenvalue weighted by Crippen LogP contribution is 2.31. The molecular formula is C18H19F3N4O3S. The molecule has 1 aliphatic heterocycles. The molecule has 4 N–H and O–H groups in total. The lowest BCUT2D eigenvalue weighted by atomic mass is 10.2. The van der Waals surface area contributed by atoms with Gasteiger partial charge in [0.25, 0.3) is 0 Å². The van der Waals surface area contributed by atoms with E-state index in [0.29, 0.717) is 12.2 Å². The predicted octanol–water partition coefficient (Wildman–Crippen LogP) is 2.38. The molecule has 0 unspecified atom stereocenters. The lowest BCUT2D eigenvalue weighted by Gasteiger charge is -2.11. The predicted molar refractivity (Wildman–Crippen MR) is 99.9 cm³/mol. The number of hydrogen-bond acceptors (Lipinski definition) is 5. The van der Waals surface area contributed by atoms with Crippen LogP contribution in [0.2, 0.25) is 0 Å². The Morgan fingerprint density at radius 2 is 1.48 bits per heavy atom. The van der Waals surface area contributed by atoms with Crippen molar-refractivity contribution in [2.75, 3.05) is 25.0 Å². The van der Waals surface area contributed by atoms with Crippen molar-refractivity contribution in [3.8, 4) is 0 Å². The van der Waals surface area contributed by atoms with Gasteiger partial charge in [-0.1, -0.05) is 0 Å². The van der Waals surface area contributed by atoms with Crippen LogP contribution < -0.4 is 21.5 Å². The summed E-state index contributed by atoms with van der Waals surface area (Å²) < 4.78 is 63.1. The van der Waals surface area contributed by atoms with Crippen molar-refractivity contribution in [1.29, 1.82) is 0 Å². The van der Waals surface area contributed by atoms with Crippen molar-refractivity contribution >= 4 is 21.6 Å². The quantitative estimate of drug-likeness (QED) is 0.586. The normalized spacial score (nSPS) is 15.3. The maximum absolute atomic E-state index is 12.6. The van der Waals surface area contributed by atoms with Crippen LogP contribution in [0, 0.1) is 5.92 Å². The summed E-state index contributed by atoms with van der Waals surface area (Å²) in [6.07, 6.45) is -4.54. The Labute approximate surface area is 165 Å². The first-order valence-corrected chi connectivity index (χ1v) is 10.2. The van der Waals surface area contributed by atoms with E-state index in [1.165, 1.54) is 24.3 Å². The first kappa shape index (κ1) is 21.1. The number of benzene rings is 2. The smallest absolute Gasteiger partial charge is 0.337 e. The minimum absolute atomic E-state index is 0.0914. The van der Waals surface area contributed by atoms with Gasteiger partial charge >= 0.3 is 12.2 Å². The molecule has 156 valence electrons. The summed E-state index contributed by atoms with van der Waals surface area (Å²) in [6.45, 7) is 1.97. The van der Waals surface area contributed by atoms with Gasteiger partial charge in [0.1, 0.15) is 0 Å². The minimum Gasteiger partial charge on any atom is -0.337 e. The highest BCUT2D eigenvalue weighted by atomic mass is 32.2. The Balaban J connectivity index is 1.64. The third-order valence-corrected chi connectivity index (χ3v) is 6.16. The standard InChI is InChI=1S/C18H19F3N4O3S/c19-18(20,21)13-1-5-15(6-2-13)29(27,28)16-7-3-14(4-8-16)25-17(26)22-9-12-10-23-24-11-12/h1-8,12,23-24H,9-11H2,(H2,22,25,26). The molecule has 0 saturated carbocycles. The van der Waals surface area contributed by atoms with E-state index in [9.17, 15) is 26.4 Å². The minimum atomic E-state index is -4.54. The molecule has 0 radical (unpaired) electrons. The topological polar surface area (TPSA) is 99.3 Å². The van der Waals surface area contributed by atoms with Crippen LogP contribution in [0.25, 0.3) is 0 Å². The zero-order chi connectivity index (χ0) is 21.1. The molecule has 11 heteroatoms. The van der Waals surface area contributed by atoms with Gasteiger partial charge in [-0.25, -0.2) is 13.2 Å². The highest BCUT2D eigenvalue weighted by molar-refractivity contribution is 7.91. The fourth-order valence-corrected chi connectivity index (χ4v) is 4.00. The number of alkyl halides is 3. The summed E-state index contributed by atoms with van der Waals surface area (Å²) in [7, 11) is -3.98. The number of urea groups is 1. The molecule has 2 amide bonds. The van der Waals surface area contributed by atoms with Crippen molar-refractivity contribution in [2.24, 2.45) is 5.92 Å². The van der Waals surface area contributed by atoms with E-state index in [1.807, 2.05) is 0 Å². The van der Waals surface area contributed by atoms with Gasteiger partial charge in [-0.15, -0.1) is 0 Å². The lowest BCUT2D eigenvalue weighted by Crippen LogP contribution is -2.34. The number of sulfone groups is 1. The molecule has 1 aliphatic rings. The van der Waals surface area contributed by atoms with Gasteiger partial charge < -0.3 is 10.6 Å². The van der Waals surface area contributed by atoms with Crippen molar-refractivity contribution in [3.63, 3.8) is 0 Å². The van der Waals surface area contributed by atoms with E-state index in [0.717, 1.165) is 37.4 Å². The van der Waals surface area contributed by atoms with Gasteiger partial charge in [0.05, 0.1) is 15.4 Å². The van der Waals surface area contributed by atoms with E-state index < -0.39 is 27.6 Å². The average Bonchev–Trinajstić information content (AvgIpc) is 3.20. The first-order valence-electron chi connectivity index (χ1n) is 8.69. The Morgan fingerprint density at radius 3 is 2.00 bits per heavy atom. The molecule has 1 saturated heterocycles. The maximum atomic E-state index is 12.6. The number of amides is 2.